The number of hydrogen-bond acceptors (Lipinski definition) is 6. The van der Waals surface area contributed by atoms with Crippen LogP contribution in [0, 0.1) is 0 Å². The molecule has 0 bridgehead atoms. The Labute approximate surface area is 174 Å². The van der Waals surface area contributed by atoms with E-state index in [-0.39, 0.29) is 34.8 Å². The minimum absolute atomic E-state index is 0. The summed E-state index contributed by atoms with van der Waals surface area (Å²) >= 11 is 1.20. The molecule has 0 aliphatic carbocycles. The van der Waals surface area contributed by atoms with Crippen LogP contribution in [-0.4, -0.2) is 38.3 Å². The summed E-state index contributed by atoms with van der Waals surface area (Å²) in [5, 5.41) is 1.96. The lowest BCUT2D eigenvalue weighted by Crippen LogP contribution is -2.22. The van der Waals surface area contributed by atoms with Crippen LogP contribution in [0.5, 0.6) is 0 Å². The molecule has 2 N–H and O–H groups in total. The van der Waals surface area contributed by atoms with E-state index in [1.54, 1.807) is 26.2 Å². The Morgan fingerprint density at radius 3 is 2.36 bits per heavy atom. The minimum Gasteiger partial charge on any atom is -0.345 e. The molecule has 6 nitrogen and oxygen atoms in total. The Morgan fingerprint density at radius 2 is 1.79 bits per heavy atom. The van der Waals surface area contributed by atoms with E-state index in [1.165, 1.54) is 27.7 Å². The monoisotopic (exact) mass is 437 g/mol. The van der Waals surface area contributed by atoms with E-state index in [4.69, 9.17) is 5.73 Å². The molecule has 1 aromatic heterocycles. The lowest BCUT2D eigenvalue weighted by atomic mass is 10.0. The van der Waals surface area contributed by atoms with Crippen LogP contribution in [0.15, 0.2) is 63.8 Å². The Bertz CT molecular complexity index is 1080. The topological polar surface area (TPSA) is 93.4 Å². The van der Waals surface area contributed by atoms with E-state index < -0.39 is 9.84 Å². The molecule has 0 aliphatic rings. The molecule has 1 amide bonds. The second-order valence-electron chi connectivity index (χ2n) is 6.10. The third-order valence-electron chi connectivity index (χ3n) is 3.96. The van der Waals surface area contributed by atoms with Crippen LogP contribution in [0.2, 0.25) is 0 Å². The summed E-state index contributed by atoms with van der Waals surface area (Å²) in [6, 6.07) is 14.0. The largest absolute Gasteiger partial charge is 0.345 e. The molecule has 0 fully saturated rings. The van der Waals surface area contributed by atoms with Gasteiger partial charge in [-0.05, 0) is 29.3 Å². The Kier molecular flexibility index (Phi) is 6.95. The maximum atomic E-state index is 13.1. The molecule has 0 unspecified atom stereocenters. The van der Waals surface area contributed by atoms with Crippen molar-refractivity contribution in [1.29, 1.82) is 0 Å². The summed E-state index contributed by atoms with van der Waals surface area (Å²) in [4.78, 5) is 18.0. The highest BCUT2D eigenvalue weighted by atomic mass is 35.5. The molecular formula is C19H20ClN3O3S2. The molecule has 3 rings (SSSR count). The van der Waals surface area contributed by atoms with Crippen molar-refractivity contribution >= 4 is 39.5 Å². The Balaban J connectivity index is 0.00000280. The normalized spacial score (nSPS) is 11.0. The first-order valence-corrected chi connectivity index (χ1v) is 10.5. The maximum absolute atomic E-state index is 13.1. The highest BCUT2D eigenvalue weighted by molar-refractivity contribution is 7.91. The predicted molar refractivity (Wildman–Crippen MR) is 113 cm³/mol. The number of sulfone groups is 1. The van der Waals surface area contributed by atoms with Crippen molar-refractivity contribution in [3.63, 3.8) is 0 Å². The lowest BCUT2D eigenvalue weighted by Gasteiger charge is -2.13. The van der Waals surface area contributed by atoms with Gasteiger partial charge < -0.3 is 10.6 Å². The van der Waals surface area contributed by atoms with Crippen LogP contribution < -0.4 is 5.73 Å². The molecule has 0 atom stereocenters. The minimum atomic E-state index is -3.87. The second-order valence-corrected chi connectivity index (χ2v) is 8.94. The molecule has 0 spiro atoms. The van der Waals surface area contributed by atoms with Crippen LogP contribution in [-0.2, 0) is 16.4 Å². The zero-order valence-electron chi connectivity index (χ0n) is 15.3. The number of benzene rings is 2. The van der Waals surface area contributed by atoms with Gasteiger partial charge in [0.15, 0.2) is 5.03 Å². The van der Waals surface area contributed by atoms with Crippen molar-refractivity contribution in [2.75, 3.05) is 14.1 Å². The summed E-state index contributed by atoms with van der Waals surface area (Å²) in [7, 11) is -0.618. The van der Waals surface area contributed by atoms with Gasteiger partial charge in [-0.2, -0.15) is 0 Å². The van der Waals surface area contributed by atoms with Gasteiger partial charge >= 0.3 is 0 Å². The molecule has 0 saturated heterocycles. The average Bonchev–Trinajstić information content (AvgIpc) is 3.17. The number of aromatic nitrogens is 1. The zero-order chi connectivity index (χ0) is 19.6. The van der Waals surface area contributed by atoms with Crippen molar-refractivity contribution in [2.24, 2.45) is 5.73 Å². The lowest BCUT2D eigenvalue weighted by molar-refractivity contribution is 0.0827. The molecule has 2 aromatic carbocycles. The molecule has 1 heterocycles. The quantitative estimate of drug-likeness (QED) is 0.661. The summed E-state index contributed by atoms with van der Waals surface area (Å²) in [5.74, 6) is -0.273. The zero-order valence-corrected chi connectivity index (χ0v) is 17.8. The smallest absolute Gasteiger partial charge is 0.253 e. The summed E-state index contributed by atoms with van der Waals surface area (Å²) in [6.45, 7) is 0.175. The van der Waals surface area contributed by atoms with Gasteiger partial charge in [-0.3, -0.25) is 4.79 Å². The Morgan fingerprint density at radius 1 is 1.11 bits per heavy atom. The van der Waals surface area contributed by atoms with Crippen LogP contribution in [0.1, 0.15) is 15.4 Å². The van der Waals surface area contributed by atoms with E-state index >= 15 is 0 Å². The van der Waals surface area contributed by atoms with Crippen molar-refractivity contribution < 1.29 is 13.2 Å². The number of hydrogen-bond donors (Lipinski definition) is 1. The summed E-state index contributed by atoms with van der Waals surface area (Å²) in [5.41, 5.74) is 7.32. The average molecular weight is 438 g/mol. The van der Waals surface area contributed by atoms with E-state index in [0.29, 0.717) is 16.1 Å². The van der Waals surface area contributed by atoms with Crippen LogP contribution in [0.3, 0.4) is 0 Å². The molecular weight excluding hydrogens is 418 g/mol. The number of carbonyl (C=O) groups is 1. The number of carbonyl (C=O) groups excluding carboxylic acids is 1. The fraction of sp³-hybridized carbons (Fsp3) is 0.158. The molecule has 3 aromatic rings. The van der Waals surface area contributed by atoms with E-state index in [1.807, 2.05) is 30.3 Å². The highest BCUT2D eigenvalue weighted by Gasteiger charge is 2.24. The third-order valence-corrected chi connectivity index (χ3v) is 6.59. The molecule has 148 valence electrons. The van der Waals surface area contributed by atoms with Crippen LogP contribution in [0.25, 0.3) is 11.1 Å². The first-order chi connectivity index (χ1) is 12.8. The number of nitrogens with two attached hydrogens (primary N) is 1. The van der Waals surface area contributed by atoms with Crippen molar-refractivity contribution in [1.82, 2.24) is 9.88 Å². The van der Waals surface area contributed by atoms with Crippen molar-refractivity contribution in [3.05, 3.63) is 64.5 Å². The summed E-state index contributed by atoms with van der Waals surface area (Å²) < 4.78 is 26.1. The number of thiazole rings is 1. The van der Waals surface area contributed by atoms with Gasteiger partial charge in [0.1, 0.15) is 5.01 Å². The summed E-state index contributed by atoms with van der Waals surface area (Å²) in [6.07, 6.45) is 0. The molecule has 0 saturated carbocycles. The number of nitrogens with zero attached hydrogens (tertiary/aromatic N) is 2. The number of rotatable bonds is 5. The van der Waals surface area contributed by atoms with Gasteiger partial charge in [0.05, 0.1) is 4.90 Å². The van der Waals surface area contributed by atoms with Gasteiger partial charge in [0, 0.05) is 31.6 Å². The third kappa shape index (κ3) is 4.41. The molecule has 9 heteroatoms. The van der Waals surface area contributed by atoms with E-state index in [9.17, 15) is 13.2 Å². The predicted octanol–water partition coefficient (Wildman–Crippen LogP) is 3.23. The first kappa shape index (κ1) is 22.0. The fourth-order valence-corrected chi connectivity index (χ4v) is 4.85. The van der Waals surface area contributed by atoms with E-state index in [2.05, 4.69) is 4.98 Å². The second kappa shape index (κ2) is 8.83. The standard InChI is InChI=1S/C19H19N3O3S2.ClH/c1-22(2)19(23)15-8-14(13-6-4-3-5-7-13)9-16(10-15)27(24,25)18-12-26-17(11-20)21-18;/h3-10,12H,11,20H2,1-2H3;1H. The maximum Gasteiger partial charge on any atom is 0.253 e. The Hall–Kier alpha value is -2.26. The first-order valence-electron chi connectivity index (χ1n) is 8.14. The van der Waals surface area contributed by atoms with Gasteiger partial charge in [0.25, 0.3) is 5.91 Å². The number of amides is 1. The molecule has 0 aliphatic heterocycles. The van der Waals surface area contributed by atoms with Gasteiger partial charge in [0.2, 0.25) is 9.84 Å². The van der Waals surface area contributed by atoms with Gasteiger partial charge in [-0.15, -0.1) is 23.7 Å². The molecule has 28 heavy (non-hydrogen) atoms. The van der Waals surface area contributed by atoms with E-state index in [0.717, 1.165) is 5.56 Å². The van der Waals surface area contributed by atoms with Crippen LogP contribution >= 0.6 is 23.7 Å². The van der Waals surface area contributed by atoms with Gasteiger partial charge in [-0.1, -0.05) is 30.3 Å². The molecule has 0 radical (unpaired) electrons. The highest BCUT2D eigenvalue weighted by Crippen LogP contribution is 2.29. The van der Waals surface area contributed by atoms with Crippen molar-refractivity contribution in [2.45, 2.75) is 16.5 Å². The SMILES string of the molecule is CN(C)C(=O)c1cc(-c2ccccc2)cc(S(=O)(=O)c2csc(CN)n2)c1.Cl. The fourth-order valence-electron chi connectivity index (χ4n) is 2.57. The van der Waals surface area contributed by atoms with Gasteiger partial charge in [-0.25, -0.2) is 13.4 Å². The number of halogens is 1. The van der Waals surface area contributed by atoms with Crippen LogP contribution in [0.4, 0.5) is 0 Å². The van der Waals surface area contributed by atoms with Crippen molar-refractivity contribution in [3.8, 4) is 11.1 Å².